The highest BCUT2D eigenvalue weighted by molar-refractivity contribution is 5.93. The van der Waals surface area contributed by atoms with Gasteiger partial charge >= 0.3 is 0 Å². The minimum Gasteiger partial charge on any atom is -0.467 e. The van der Waals surface area contributed by atoms with E-state index in [-0.39, 0.29) is 18.6 Å². The highest BCUT2D eigenvalue weighted by Crippen LogP contribution is 2.20. The Balaban J connectivity index is 1.99. The first-order valence-corrected chi connectivity index (χ1v) is 6.18. The first kappa shape index (κ1) is 13.1. The molecule has 100 valence electrons. The van der Waals surface area contributed by atoms with Crippen LogP contribution in [0.15, 0.2) is 16.7 Å². The number of likely N-dealkylation sites (tertiary alicyclic amines) is 1. The fourth-order valence-electron chi connectivity index (χ4n) is 2.34. The zero-order valence-corrected chi connectivity index (χ0v) is 10.3. The summed E-state index contributed by atoms with van der Waals surface area (Å²) in [5, 5.41) is 9.32. The van der Waals surface area contributed by atoms with Crippen LogP contribution in [0.2, 0.25) is 0 Å². The summed E-state index contributed by atoms with van der Waals surface area (Å²) in [5.41, 5.74) is 2.49. The Kier molecular flexibility index (Phi) is 4.35. The third-order valence-corrected chi connectivity index (χ3v) is 3.37. The van der Waals surface area contributed by atoms with Crippen LogP contribution in [0.5, 0.6) is 0 Å². The van der Waals surface area contributed by atoms with Gasteiger partial charge in [0.05, 0.1) is 18.7 Å². The van der Waals surface area contributed by atoms with E-state index in [0.29, 0.717) is 17.9 Å². The van der Waals surface area contributed by atoms with Crippen LogP contribution in [-0.4, -0.2) is 35.1 Å². The number of furan rings is 1. The summed E-state index contributed by atoms with van der Waals surface area (Å²) in [6.45, 7) is 1.73. The van der Waals surface area contributed by atoms with Crippen molar-refractivity contribution in [3.05, 3.63) is 23.7 Å². The average molecular weight is 253 g/mol. The summed E-state index contributed by atoms with van der Waals surface area (Å²) in [6.07, 6.45) is 4.69. The van der Waals surface area contributed by atoms with Crippen molar-refractivity contribution in [1.82, 2.24) is 10.3 Å². The van der Waals surface area contributed by atoms with E-state index in [1.807, 2.05) is 0 Å². The Bertz CT molecular complexity index is 405. The van der Waals surface area contributed by atoms with Gasteiger partial charge in [-0.05, 0) is 25.5 Å². The van der Waals surface area contributed by atoms with Gasteiger partial charge in [0.25, 0.3) is 5.91 Å². The largest absolute Gasteiger partial charge is 0.467 e. The number of carbonyl (C=O) groups excluding carboxylic acids is 1. The topological polar surface area (TPSA) is 91.7 Å². The standard InChI is InChI=1S/C12H19N3O3/c13-14-12(17)9-5-11(18-8-9)6-15-4-2-1-3-10(15)7-16/h5,8,10,16H,1-4,6-7,13H2,(H,14,17). The molecule has 1 aliphatic rings. The number of rotatable bonds is 4. The molecule has 1 fully saturated rings. The number of hydrogen-bond acceptors (Lipinski definition) is 5. The third-order valence-electron chi connectivity index (χ3n) is 3.37. The zero-order valence-electron chi connectivity index (χ0n) is 10.3. The molecule has 1 atom stereocenters. The molecule has 1 unspecified atom stereocenters. The Labute approximate surface area is 106 Å². The number of carbonyl (C=O) groups is 1. The van der Waals surface area contributed by atoms with Gasteiger partial charge in [-0.3, -0.25) is 15.1 Å². The van der Waals surface area contributed by atoms with E-state index in [2.05, 4.69) is 10.3 Å². The minimum atomic E-state index is -0.359. The summed E-state index contributed by atoms with van der Waals surface area (Å²) in [4.78, 5) is 13.5. The Morgan fingerprint density at radius 2 is 2.44 bits per heavy atom. The molecule has 1 saturated heterocycles. The van der Waals surface area contributed by atoms with Crippen molar-refractivity contribution >= 4 is 5.91 Å². The number of amides is 1. The Morgan fingerprint density at radius 1 is 1.61 bits per heavy atom. The molecule has 1 aromatic rings. The molecule has 2 heterocycles. The Hall–Kier alpha value is -1.37. The van der Waals surface area contributed by atoms with Crippen LogP contribution in [-0.2, 0) is 6.54 Å². The van der Waals surface area contributed by atoms with E-state index < -0.39 is 0 Å². The van der Waals surface area contributed by atoms with Crippen molar-refractivity contribution < 1.29 is 14.3 Å². The lowest BCUT2D eigenvalue weighted by atomic mass is 10.0. The number of aliphatic hydroxyl groups is 1. The van der Waals surface area contributed by atoms with Crippen LogP contribution < -0.4 is 11.3 Å². The molecule has 0 aromatic carbocycles. The third kappa shape index (κ3) is 2.90. The lowest BCUT2D eigenvalue weighted by Gasteiger charge is -2.33. The first-order valence-electron chi connectivity index (χ1n) is 6.18. The molecule has 1 amide bonds. The average Bonchev–Trinajstić information content (AvgIpc) is 2.87. The number of aliphatic hydroxyl groups excluding tert-OH is 1. The van der Waals surface area contributed by atoms with E-state index in [0.717, 1.165) is 25.8 Å². The molecule has 0 bridgehead atoms. The lowest BCUT2D eigenvalue weighted by molar-refractivity contribution is 0.0783. The van der Waals surface area contributed by atoms with Crippen LogP contribution in [0.1, 0.15) is 35.4 Å². The van der Waals surface area contributed by atoms with Gasteiger partial charge < -0.3 is 9.52 Å². The maximum atomic E-state index is 11.3. The fourth-order valence-corrected chi connectivity index (χ4v) is 2.34. The van der Waals surface area contributed by atoms with E-state index in [1.165, 1.54) is 6.26 Å². The monoisotopic (exact) mass is 253 g/mol. The van der Waals surface area contributed by atoms with Gasteiger partial charge in [-0.1, -0.05) is 6.42 Å². The van der Waals surface area contributed by atoms with Gasteiger partial charge in [0.15, 0.2) is 0 Å². The maximum Gasteiger partial charge on any atom is 0.268 e. The Morgan fingerprint density at radius 3 is 3.17 bits per heavy atom. The van der Waals surface area contributed by atoms with E-state index in [4.69, 9.17) is 10.3 Å². The molecule has 1 aliphatic heterocycles. The number of nitrogens with zero attached hydrogens (tertiary/aromatic N) is 1. The van der Waals surface area contributed by atoms with E-state index >= 15 is 0 Å². The van der Waals surface area contributed by atoms with Crippen molar-refractivity contribution in [3.63, 3.8) is 0 Å². The molecule has 6 heteroatoms. The number of hydrazine groups is 1. The normalized spacial score (nSPS) is 20.9. The molecule has 18 heavy (non-hydrogen) atoms. The quantitative estimate of drug-likeness (QED) is 0.406. The summed E-state index contributed by atoms with van der Waals surface area (Å²) in [6, 6.07) is 1.88. The molecule has 0 spiro atoms. The van der Waals surface area contributed by atoms with E-state index in [1.54, 1.807) is 6.07 Å². The number of hydrogen-bond donors (Lipinski definition) is 3. The van der Waals surface area contributed by atoms with Gasteiger partial charge in [-0.15, -0.1) is 0 Å². The molecule has 0 radical (unpaired) electrons. The maximum absolute atomic E-state index is 11.3. The van der Waals surface area contributed by atoms with Gasteiger partial charge in [0.1, 0.15) is 12.0 Å². The molecular weight excluding hydrogens is 234 g/mol. The number of piperidine rings is 1. The number of nitrogen functional groups attached to an aromatic ring is 1. The molecule has 1 aromatic heterocycles. The van der Waals surface area contributed by atoms with Gasteiger partial charge in [0.2, 0.25) is 0 Å². The molecule has 0 aliphatic carbocycles. The second-order valence-corrected chi connectivity index (χ2v) is 4.58. The summed E-state index contributed by atoms with van der Waals surface area (Å²) in [7, 11) is 0. The summed E-state index contributed by atoms with van der Waals surface area (Å²) >= 11 is 0. The zero-order chi connectivity index (χ0) is 13.0. The predicted octanol–water partition coefficient (Wildman–Crippen LogP) is 0.230. The second kappa shape index (κ2) is 5.99. The molecule has 2 rings (SSSR count). The minimum absolute atomic E-state index is 0.164. The van der Waals surface area contributed by atoms with Crippen LogP contribution in [0.25, 0.3) is 0 Å². The highest BCUT2D eigenvalue weighted by atomic mass is 16.3. The van der Waals surface area contributed by atoms with E-state index in [9.17, 15) is 9.90 Å². The molecular formula is C12H19N3O3. The lowest BCUT2D eigenvalue weighted by Crippen LogP contribution is -2.41. The fraction of sp³-hybridized carbons (Fsp3) is 0.583. The van der Waals surface area contributed by atoms with Crippen LogP contribution in [0.3, 0.4) is 0 Å². The van der Waals surface area contributed by atoms with Crippen molar-refractivity contribution in [3.8, 4) is 0 Å². The van der Waals surface area contributed by atoms with Gasteiger partial charge in [-0.2, -0.15) is 0 Å². The highest BCUT2D eigenvalue weighted by Gasteiger charge is 2.22. The predicted molar refractivity (Wildman–Crippen MR) is 65.5 cm³/mol. The SMILES string of the molecule is NNC(=O)c1coc(CN2CCCCC2CO)c1. The number of nitrogens with one attached hydrogen (secondary N) is 1. The smallest absolute Gasteiger partial charge is 0.268 e. The first-order chi connectivity index (χ1) is 8.74. The molecule has 6 nitrogen and oxygen atoms in total. The van der Waals surface area contributed by atoms with Crippen molar-refractivity contribution in [2.75, 3.05) is 13.2 Å². The molecule has 0 saturated carbocycles. The summed E-state index contributed by atoms with van der Waals surface area (Å²) in [5.74, 6) is 5.41. The van der Waals surface area contributed by atoms with Crippen molar-refractivity contribution in [2.24, 2.45) is 5.84 Å². The second-order valence-electron chi connectivity index (χ2n) is 4.58. The van der Waals surface area contributed by atoms with Crippen LogP contribution >= 0.6 is 0 Å². The summed E-state index contributed by atoms with van der Waals surface area (Å²) < 4.78 is 5.34. The van der Waals surface area contributed by atoms with Gasteiger partial charge in [0, 0.05) is 6.04 Å². The van der Waals surface area contributed by atoms with Crippen molar-refractivity contribution in [1.29, 1.82) is 0 Å². The van der Waals surface area contributed by atoms with Crippen molar-refractivity contribution in [2.45, 2.75) is 31.8 Å². The van der Waals surface area contributed by atoms with Gasteiger partial charge in [-0.25, -0.2) is 5.84 Å². The molecule has 4 N–H and O–H groups in total. The van der Waals surface area contributed by atoms with Crippen LogP contribution in [0.4, 0.5) is 0 Å². The van der Waals surface area contributed by atoms with Crippen LogP contribution in [0, 0.1) is 0 Å². The number of nitrogens with two attached hydrogens (primary N) is 1.